The van der Waals surface area contributed by atoms with Crippen molar-refractivity contribution in [3.63, 3.8) is 0 Å². The van der Waals surface area contributed by atoms with Gasteiger partial charge in [0.1, 0.15) is 11.4 Å². The van der Waals surface area contributed by atoms with Gasteiger partial charge in [0, 0.05) is 6.20 Å². The molecule has 24 heavy (non-hydrogen) atoms. The summed E-state index contributed by atoms with van der Waals surface area (Å²) in [7, 11) is 0. The molecule has 0 saturated heterocycles. The van der Waals surface area contributed by atoms with Gasteiger partial charge in [-0.25, -0.2) is 4.98 Å². The Morgan fingerprint density at radius 1 is 1.25 bits per heavy atom. The van der Waals surface area contributed by atoms with E-state index >= 15 is 0 Å². The highest BCUT2D eigenvalue weighted by molar-refractivity contribution is 7.16. The van der Waals surface area contributed by atoms with Crippen LogP contribution in [0.2, 0.25) is 0 Å². The summed E-state index contributed by atoms with van der Waals surface area (Å²) in [6.45, 7) is 0.140. The summed E-state index contributed by atoms with van der Waals surface area (Å²) in [5.41, 5.74) is 0.495. The quantitative estimate of drug-likeness (QED) is 0.593. The maximum absolute atomic E-state index is 12.3. The number of nitrogens with one attached hydrogen (secondary N) is 1. The number of amides is 1. The topological polar surface area (TPSA) is 94.2 Å². The van der Waals surface area contributed by atoms with E-state index in [0.29, 0.717) is 21.7 Å². The number of hydrogen-bond donors (Lipinski definition) is 1. The van der Waals surface area contributed by atoms with Crippen molar-refractivity contribution >= 4 is 33.1 Å². The van der Waals surface area contributed by atoms with Gasteiger partial charge in [0.25, 0.3) is 5.56 Å². The maximum Gasteiger partial charge on any atom is 0.262 e. The van der Waals surface area contributed by atoms with Crippen LogP contribution < -0.4 is 10.9 Å². The molecule has 1 amide bonds. The minimum absolute atomic E-state index is 0.0889. The Hall–Kier alpha value is -3.07. The van der Waals surface area contributed by atoms with Gasteiger partial charge in [-0.3, -0.25) is 18.6 Å². The van der Waals surface area contributed by atoms with E-state index in [2.05, 4.69) is 20.5 Å². The molecular weight excluding hydrogens is 328 g/mol. The second-order valence-corrected chi connectivity index (χ2v) is 6.03. The van der Waals surface area contributed by atoms with Crippen LogP contribution in [-0.4, -0.2) is 30.1 Å². The van der Waals surface area contributed by atoms with Crippen LogP contribution in [0.5, 0.6) is 0 Å². The highest BCUT2D eigenvalue weighted by Crippen LogP contribution is 2.13. The summed E-state index contributed by atoms with van der Waals surface area (Å²) in [5, 5.41) is 13.1. The van der Waals surface area contributed by atoms with Gasteiger partial charge in [0.05, 0.1) is 18.3 Å². The molecule has 0 aliphatic carbocycles. The van der Waals surface area contributed by atoms with E-state index in [1.807, 2.05) is 24.4 Å². The first kappa shape index (κ1) is 14.5. The summed E-state index contributed by atoms with van der Waals surface area (Å²) < 4.78 is 3.09. The fraction of sp³-hybridized carbons (Fsp3) is 0.133. The van der Waals surface area contributed by atoms with Crippen molar-refractivity contribution in [2.45, 2.75) is 13.1 Å². The molecule has 0 saturated carbocycles. The number of pyridine rings is 1. The molecule has 9 heteroatoms. The number of rotatable bonds is 4. The van der Waals surface area contributed by atoms with E-state index in [1.165, 1.54) is 22.2 Å². The molecule has 4 aromatic heterocycles. The lowest BCUT2D eigenvalue weighted by molar-refractivity contribution is -0.121. The van der Waals surface area contributed by atoms with E-state index in [1.54, 1.807) is 15.8 Å². The largest absolute Gasteiger partial charge is 0.347 e. The van der Waals surface area contributed by atoms with Gasteiger partial charge in [0.15, 0.2) is 11.5 Å². The van der Waals surface area contributed by atoms with Crippen molar-refractivity contribution in [1.82, 2.24) is 29.5 Å². The molecule has 0 aromatic carbocycles. The fourth-order valence-electron chi connectivity index (χ4n) is 2.41. The Kier molecular flexibility index (Phi) is 3.54. The second-order valence-electron chi connectivity index (χ2n) is 5.14. The zero-order chi connectivity index (χ0) is 16.5. The summed E-state index contributed by atoms with van der Waals surface area (Å²) in [5.74, 6) is 0.332. The molecule has 1 N–H and O–H groups in total. The number of fused-ring (bicyclic) bond motifs is 2. The first-order valence-electron chi connectivity index (χ1n) is 7.20. The van der Waals surface area contributed by atoms with E-state index in [0.717, 1.165) is 0 Å². The molecule has 120 valence electrons. The van der Waals surface area contributed by atoms with Crippen LogP contribution in [0.4, 0.5) is 0 Å². The van der Waals surface area contributed by atoms with E-state index in [-0.39, 0.29) is 24.6 Å². The highest BCUT2D eigenvalue weighted by Gasteiger charge is 2.10. The first-order valence-corrected chi connectivity index (χ1v) is 8.08. The van der Waals surface area contributed by atoms with Crippen molar-refractivity contribution in [3.05, 3.63) is 58.3 Å². The van der Waals surface area contributed by atoms with E-state index < -0.39 is 0 Å². The third-order valence-electron chi connectivity index (χ3n) is 3.59. The van der Waals surface area contributed by atoms with Gasteiger partial charge in [-0.2, -0.15) is 0 Å². The van der Waals surface area contributed by atoms with Crippen LogP contribution in [0.15, 0.2) is 47.0 Å². The molecule has 4 heterocycles. The van der Waals surface area contributed by atoms with Crippen LogP contribution >= 0.6 is 11.3 Å². The van der Waals surface area contributed by atoms with Crippen molar-refractivity contribution in [3.8, 4) is 0 Å². The SMILES string of the molecule is O=C(Cn1cnc2sccc2c1=O)NCc1nnc2ccccn12. The molecule has 0 atom stereocenters. The van der Waals surface area contributed by atoms with Gasteiger partial charge < -0.3 is 5.32 Å². The third-order valence-corrected chi connectivity index (χ3v) is 4.41. The predicted molar refractivity (Wildman–Crippen MR) is 88.7 cm³/mol. The fourth-order valence-corrected chi connectivity index (χ4v) is 3.13. The zero-order valence-corrected chi connectivity index (χ0v) is 13.2. The van der Waals surface area contributed by atoms with Crippen molar-refractivity contribution in [2.75, 3.05) is 0 Å². The Balaban J connectivity index is 1.48. The predicted octanol–water partition coefficient (Wildman–Crippen LogP) is 0.817. The van der Waals surface area contributed by atoms with Crippen molar-refractivity contribution in [1.29, 1.82) is 0 Å². The van der Waals surface area contributed by atoms with E-state index in [4.69, 9.17) is 0 Å². The summed E-state index contributed by atoms with van der Waals surface area (Å²) >= 11 is 1.40. The summed E-state index contributed by atoms with van der Waals surface area (Å²) in [6.07, 6.45) is 3.23. The molecule has 8 nitrogen and oxygen atoms in total. The number of carbonyl (C=O) groups is 1. The smallest absolute Gasteiger partial charge is 0.262 e. The molecule has 0 aliphatic rings. The number of hydrogen-bond acceptors (Lipinski definition) is 6. The van der Waals surface area contributed by atoms with Crippen LogP contribution in [0, 0.1) is 0 Å². The monoisotopic (exact) mass is 340 g/mol. The third kappa shape index (κ3) is 2.54. The lowest BCUT2D eigenvalue weighted by Gasteiger charge is -2.06. The minimum atomic E-state index is -0.291. The molecular formula is C15H12N6O2S. The molecule has 0 spiro atoms. The molecule has 4 rings (SSSR count). The molecule has 0 radical (unpaired) electrons. The molecule has 0 unspecified atom stereocenters. The Morgan fingerprint density at radius 2 is 2.17 bits per heavy atom. The lowest BCUT2D eigenvalue weighted by atomic mass is 10.4. The van der Waals surface area contributed by atoms with Gasteiger partial charge >= 0.3 is 0 Å². The standard InChI is InChI=1S/C15H12N6O2S/c22-13(8-20-9-17-14-10(15(20)23)4-6-24-14)16-7-12-19-18-11-3-1-2-5-21(11)12/h1-6,9H,7-8H2,(H,16,22). The normalized spacial score (nSPS) is 11.2. The molecule has 0 fully saturated rings. The van der Waals surface area contributed by atoms with E-state index in [9.17, 15) is 9.59 Å². The van der Waals surface area contributed by atoms with Crippen LogP contribution in [0.3, 0.4) is 0 Å². The minimum Gasteiger partial charge on any atom is -0.347 e. The Labute approximate surface area is 139 Å². The highest BCUT2D eigenvalue weighted by atomic mass is 32.1. The zero-order valence-electron chi connectivity index (χ0n) is 12.4. The van der Waals surface area contributed by atoms with Crippen molar-refractivity contribution < 1.29 is 4.79 Å². The van der Waals surface area contributed by atoms with Gasteiger partial charge in [0.2, 0.25) is 5.91 Å². The van der Waals surface area contributed by atoms with Gasteiger partial charge in [-0.15, -0.1) is 21.5 Å². The number of thiophene rings is 1. The first-order chi connectivity index (χ1) is 11.7. The number of aromatic nitrogens is 5. The Bertz CT molecular complexity index is 1100. The number of nitrogens with zero attached hydrogens (tertiary/aromatic N) is 5. The van der Waals surface area contributed by atoms with Crippen molar-refractivity contribution in [2.24, 2.45) is 0 Å². The van der Waals surface area contributed by atoms with Gasteiger partial charge in [-0.1, -0.05) is 6.07 Å². The summed E-state index contributed by atoms with van der Waals surface area (Å²) in [6, 6.07) is 7.28. The Morgan fingerprint density at radius 3 is 3.08 bits per heavy atom. The van der Waals surface area contributed by atoms with Gasteiger partial charge in [-0.05, 0) is 23.6 Å². The molecule has 4 aromatic rings. The lowest BCUT2D eigenvalue weighted by Crippen LogP contribution is -2.32. The number of carbonyl (C=O) groups excluding carboxylic acids is 1. The average Bonchev–Trinajstić information content (AvgIpc) is 3.23. The average molecular weight is 340 g/mol. The second kappa shape index (κ2) is 5.85. The maximum atomic E-state index is 12.3. The molecule has 0 aliphatic heterocycles. The van der Waals surface area contributed by atoms with Crippen LogP contribution in [0.1, 0.15) is 5.82 Å². The van der Waals surface area contributed by atoms with Crippen LogP contribution in [-0.2, 0) is 17.9 Å². The molecule has 0 bridgehead atoms. The summed E-state index contributed by atoms with van der Waals surface area (Å²) in [4.78, 5) is 29.2. The van der Waals surface area contributed by atoms with Crippen LogP contribution in [0.25, 0.3) is 15.9 Å².